The van der Waals surface area contributed by atoms with Gasteiger partial charge in [0.2, 0.25) is 0 Å². The van der Waals surface area contributed by atoms with E-state index in [0.29, 0.717) is 0 Å². The fraction of sp³-hybridized carbons (Fsp3) is 0.436. The lowest BCUT2D eigenvalue weighted by atomic mass is 9.35. The molecule has 5 heteroatoms. The zero-order chi connectivity index (χ0) is 58.7. The van der Waals surface area contributed by atoms with Crippen LogP contribution in [0.2, 0.25) is 0 Å². The molecule has 1 fully saturated rings. The van der Waals surface area contributed by atoms with Gasteiger partial charge in [-0.2, -0.15) is 0 Å². The molecule has 1 saturated carbocycles. The van der Waals surface area contributed by atoms with Crippen molar-refractivity contribution in [2.75, 3.05) is 14.7 Å². The molecule has 0 radical (unpaired) electrons. The second kappa shape index (κ2) is 17.8. The highest BCUT2D eigenvalue weighted by Crippen LogP contribution is 2.64. The molecule has 426 valence electrons. The minimum absolute atomic E-state index is 0.00417. The Balaban J connectivity index is 1.17. The van der Waals surface area contributed by atoms with Crippen molar-refractivity contribution in [1.29, 1.82) is 0 Å². The van der Waals surface area contributed by atoms with E-state index in [1.807, 2.05) is 0 Å². The molecule has 14 rings (SSSR count). The third-order valence-electron chi connectivity index (χ3n) is 22.5. The molecule has 83 heavy (non-hydrogen) atoms. The van der Waals surface area contributed by atoms with Crippen molar-refractivity contribution in [3.8, 4) is 11.1 Å². The second-order valence-corrected chi connectivity index (χ2v) is 33.1. The molecule has 4 heterocycles. The monoisotopic (exact) mass is 1110 g/mol. The minimum atomic E-state index is -0.154. The molecule has 3 aliphatic heterocycles. The normalized spacial score (nSPS) is 22.3. The molecule has 6 aliphatic rings. The summed E-state index contributed by atoms with van der Waals surface area (Å²) in [5.41, 5.74) is 28.8. The third-order valence-corrected chi connectivity index (χ3v) is 23.7. The number of anilines is 8. The summed E-state index contributed by atoms with van der Waals surface area (Å²) in [6, 6.07) is 49.5. The van der Waals surface area contributed by atoms with E-state index in [1.54, 1.807) is 5.56 Å². The first-order valence-electron chi connectivity index (χ1n) is 31.7. The van der Waals surface area contributed by atoms with Gasteiger partial charge in [-0.1, -0.05) is 177 Å². The zero-order valence-corrected chi connectivity index (χ0v) is 54.3. The lowest BCUT2D eigenvalue weighted by molar-refractivity contribution is 0.194. The maximum atomic E-state index is 2.89. The van der Waals surface area contributed by atoms with Crippen LogP contribution < -0.4 is 30.4 Å². The van der Waals surface area contributed by atoms with Crippen LogP contribution in [-0.4, -0.2) is 12.3 Å². The SMILES string of the molecule is Cc1cc(C)c2c(c1)N(c1cc3c4c(c1)N(c1ccc(-c5ccccc5)cc1)c1c(sc5cc6c(cc15)C(C)(C)CCC6(C)C)B4c1cc4c(cc1N3c1cc(C(C)(C)C)cc(C(C)(C)C)c1)C(C)(C)CCC4(C)C)C1(C)CCCCC21C. The van der Waals surface area contributed by atoms with E-state index >= 15 is 0 Å². The number of hydrogen-bond donors (Lipinski definition) is 0. The Morgan fingerprint density at radius 2 is 1.01 bits per heavy atom. The number of hydrogen-bond acceptors (Lipinski definition) is 4. The Labute approximate surface area is 503 Å². The Bertz CT molecular complexity index is 3990. The first-order chi connectivity index (χ1) is 38.9. The van der Waals surface area contributed by atoms with Gasteiger partial charge in [0.25, 0.3) is 6.71 Å². The maximum Gasteiger partial charge on any atom is 0.264 e. The molecule has 0 amide bonds. The lowest BCUT2D eigenvalue weighted by Gasteiger charge is -2.51. The van der Waals surface area contributed by atoms with Gasteiger partial charge in [-0.3, -0.25) is 0 Å². The summed E-state index contributed by atoms with van der Waals surface area (Å²) in [7, 11) is 0. The fourth-order valence-electron chi connectivity index (χ4n) is 17.1. The third kappa shape index (κ3) is 8.00. The topological polar surface area (TPSA) is 9.72 Å². The molecule has 7 aromatic carbocycles. The highest BCUT2D eigenvalue weighted by Gasteiger charge is 2.59. The fourth-order valence-corrected chi connectivity index (χ4v) is 18.4. The van der Waals surface area contributed by atoms with Crippen molar-refractivity contribution in [3.63, 3.8) is 0 Å². The number of nitrogens with zero attached hydrogens (tertiary/aromatic N) is 3. The van der Waals surface area contributed by atoms with Crippen LogP contribution in [0.15, 0.2) is 121 Å². The summed E-state index contributed by atoms with van der Waals surface area (Å²) in [5.74, 6) is 0. The molecule has 2 atom stereocenters. The van der Waals surface area contributed by atoms with Crippen molar-refractivity contribution in [1.82, 2.24) is 0 Å². The van der Waals surface area contributed by atoms with E-state index in [2.05, 4.69) is 272 Å². The lowest BCUT2D eigenvalue weighted by Crippen LogP contribution is -2.61. The summed E-state index contributed by atoms with van der Waals surface area (Å²) in [6.07, 6.45) is 9.49. The Kier molecular flexibility index (Phi) is 11.8. The van der Waals surface area contributed by atoms with Crippen molar-refractivity contribution < 1.29 is 0 Å². The average Bonchev–Trinajstić information content (AvgIpc) is 1.73. The van der Waals surface area contributed by atoms with Gasteiger partial charge in [0.15, 0.2) is 0 Å². The van der Waals surface area contributed by atoms with Gasteiger partial charge in [-0.05, 0) is 225 Å². The minimum Gasteiger partial charge on any atom is -0.334 e. The predicted octanol–water partition coefficient (Wildman–Crippen LogP) is 20.3. The summed E-state index contributed by atoms with van der Waals surface area (Å²) < 4.78 is 2.87. The molecular weight excluding hydrogens is 1020 g/mol. The van der Waals surface area contributed by atoms with Crippen molar-refractivity contribution in [2.24, 2.45) is 0 Å². The van der Waals surface area contributed by atoms with Gasteiger partial charge >= 0.3 is 0 Å². The van der Waals surface area contributed by atoms with Crippen LogP contribution in [0.5, 0.6) is 0 Å². The summed E-state index contributed by atoms with van der Waals surface area (Å²) in [4.78, 5) is 8.47. The van der Waals surface area contributed by atoms with Gasteiger partial charge in [0.1, 0.15) is 0 Å². The Morgan fingerprint density at radius 3 is 1.61 bits per heavy atom. The highest BCUT2D eigenvalue weighted by molar-refractivity contribution is 7.33. The number of thiophene rings is 1. The first kappa shape index (κ1) is 54.9. The molecule has 2 unspecified atom stereocenters. The molecular formula is C78H90BN3S. The van der Waals surface area contributed by atoms with Crippen molar-refractivity contribution in [3.05, 3.63) is 171 Å². The van der Waals surface area contributed by atoms with E-state index < -0.39 is 0 Å². The number of fused-ring (bicyclic) bond motifs is 11. The Hall–Kier alpha value is -6.04. The molecule has 0 spiro atoms. The van der Waals surface area contributed by atoms with E-state index in [1.165, 1.54) is 165 Å². The predicted molar refractivity (Wildman–Crippen MR) is 362 cm³/mol. The van der Waals surface area contributed by atoms with Crippen LogP contribution in [0.25, 0.3) is 21.2 Å². The van der Waals surface area contributed by atoms with Crippen LogP contribution >= 0.6 is 11.3 Å². The molecule has 1 aromatic heterocycles. The molecule has 0 bridgehead atoms. The maximum absolute atomic E-state index is 2.89. The van der Waals surface area contributed by atoms with Crippen LogP contribution in [0.1, 0.15) is 212 Å². The van der Waals surface area contributed by atoms with Crippen LogP contribution in [0.4, 0.5) is 45.5 Å². The summed E-state index contributed by atoms with van der Waals surface area (Å²) in [6.45, 7) is 44.5. The molecule has 3 nitrogen and oxygen atoms in total. The number of benzene rings is 7. The van der Waals surface area contributed by atoms with Gasteiger partial charge in [-0.15, -0.1) is 11.3 Å². The van der Waals surface area contributed by atoms with E-state index in [9.17, 15) is 0 Å². The van der Waals surface area contributed by atoms with Gasteiger partial charge in [-0.25, -0.2) is 0 Å². The van der Waals surface area contributed by atoms with Crippen molar-refractivity contribution >= 4 is 89.3 Å². The van der Waals surface area contributed by atoms with Crippen molar-refractivity contribution in [2.45, 2.75) is 219 Å². The van der Waals surface area contributed by atoms with E-state index in [0.717, 1.165) is 12.8 Å². The number of rotatable bonds is 4. The van der Waals surface area contributed by atoms with Crippen LogP contribution in [0.3, 0.4) is 0 Å². The number of aryl methyl sites for hydroxylation is 2. The van der Waals surface area contributed by atoms with E-state index in [-0.39, 0.29) is 50.2 Å². The highest BCUT2D eigenvalue weighted by atomic mass is 32.1. The van der Waals surface area contributed by atoms with E-state index in [4.69, 9.17) is 0 Å². The standard InChI is InChI=1S/C78H90BN3S/c1-47-36-48(2)67-63(37-47)82(78(18)31-23-22-30-77(67,78)17)55-41-64-68-65(42-55)81(53-28-26-50(27-29-53)49-24-20-19-21-25-49)69-56-43-57-60(76(15,16)35-32-73(57,9)10)46-66(56)83-70(69)79(68)61-44-58-59(75(13,14)34-33-74(58,11)12)45-62(61)80(64)54-39-51(71(3,4)5)38-52(40-54)72(6,7)8/h19-21,24-29,36-46H,22-23,30-35H2,1-18H3. The largest absolute Gasteiger partial charge is 0.334 e. The molecule has 0 N–H and O–H groups in total. The van der Waals surface area contributed by atoms with Crippen LogP contribution in [0, 0.1) is 13.8 Å². The molecule has 3 aliphatic carbocycles. The molecule has 0 saturated heterocycles. The zero-order valence-electron chi connectivity index (χ0n) is 53.5. The van der Waals surface area contributed by atoms with Gasteiger partial charge in [0, 0.05) is 60.1 Å². The first-order valence-corrected chi connectivity index (χ1v) is 32.6. The quantitative estimate of drug-likeness (QED) is 0.163. The smallest absolute Gasteiger partial charge is 0.264 e. The Morgan fingerprint density at radius 1 is 0.470 bits per heavy atom. The van der Waals surface area contributed by atoms with Crippen LogP contribution in [-0.2, 0) is 37.9 Å². The second-order valence-electron chi connectivity index (χ2n) is 32.0. The summed E-state index contributed by atoms with van der Waals surface area (Å²) in [5, 5.41) is 1.39. The summed E-state index contributed by atoms with van der Waals surface area (Å²) >= 11 is 2.09. The molecule has 8 aromatic rings. The van der Waals surface area contributed by atoms with Gasteiger partial charge < -0.3 is 14.7 Å². The average molecular weight is 1110 g/mol. The van der Waals surface area contributed by atoms with Gasteiger partial charge in [0.05, 0.1) is 11.2 Å².